The van der Waals surface area contributed by atoms with Crippen molar-refractivity contribution in [1.29, 1.82) is 0 Å². The summed E-state index contributed by atoms with van der Waals surface area (Å²) in [6.07, 6.45) is 3.86. The first-order chi connectivity index (χ1) is 9.74. The molecule has 1 atom stereocenters. The van der Waals surface area contributed by atoms with Crippen molar-refractivity contribution >= 4 is 11.6 Å². The van der Waals surface area contributed by atoms with Crippen LogP contribution in [0.5, 0.6) is 0 Å². The fourth-order valence-electron chi connectivity index (χ4n) is 2.85. The van der Waals surface area contributed by atoms with Crippen molar-refractivity contribution in [2.45, 2.75) is 26.2 Å². The Bertz CT molecular complexity index is 589. The van der Waals surface area contributed by atoms with Gasteiger partial charge in [-0.2, -0.15) is 0 Å². The molecule has 2 heterocycles. The quantitative estimate of drug-likeness (QED) is 0.855. The Balaban J connectivity index is 1.74. The van der Waals surface area contributed by atoms with Gasteiger partial charge >= 0.3 is 0 Å². The van der Waals surface area contributed by atoms with Crippen LogP contribution in [0, 0.1) is 5.92 Å². The van der Waals surface area contributed by atoms with E-state index < -0.39 is 0 Å². The third-order valence-corrected chi connectivity index (χ3v) is 3.81. The van der Waals surface area contributed by atoms with E-state index in [9.17, 15) is 4.79 Å². The largest absolute Gasteiger partial charge is 0.469 e. The molecule has 1 unspecified atom stereocenters. The van der Waals surface area contributed by atoms with Gasteiger partial charge in [0.1, 0.15) is 5.76 Å². The van der Waals surface area contributed by atoms with Gasteiger partial charge in [-0.05, 0) is 36.1 Å². The van der Waals surface area contributed by atoms with Crippen molar-refractivity contribution in [1.82, 2.24) is 0 Å². The third-order valence-electron chi connectivity index (χ3n) is 3.81. The minimum Gasteiger partial charge on any atom is -0.469 e. The lowest BCUT2D eigenvalue weighted by molar-refractivity contribution is -0.118. The van der Waals surface area contributed by atoms with E-state index in [0.29, 0.717) is 18.8 Å². The first-order valence-corrected chi connectivity index (χ1v) is 7.14. The molecule has 3 heteroatoms. The van der Waals surface area contributed by atoms with E-state index in [1.165, 1.54) is 5.56 Å². The molecule has 1 aromatic heterocycles. The molecule has 1 aliphatic heterocycles. The highest BCUT2D eigenvalue weighted by molar-refractivity contribution is 5.94. The molecule has 0 aliphatic carbocycles. The van der Waals surface area contributed by atoms with Gasteiger partial charge in [0.2, 0.25) is 5.91 Å². The summed E-state index contributed by atoms with van der Waals surface area (Å²) in [4.78, 5) is 14.4. The van der Waals surface area contributed by atoms with E-state index in [-0.39, 0.29) is 5.91 Å². The van der Waals surface area contributed by atoms with Crippen LogP contribution in [0.3, 0.4) is 0 Å². The maximum Gasteiger partial charge on any atom is 0.227 e. The fourth-order valence-corrected chi connectivity index (χ4v) is 2.85. The number of hydrogen-bond acceptors (Lipinski definition) is 2. The molecule has 1 aliphatic rings. The molecule has 1 aromatic carbocycles. The third kappa shape index (κ3) is 2.62. The molecule has 0 saturated heterocycles. The maximum absolute atomic E-state index is 12.5. The second-order valence-electron chi connectivity index (χ2n) is 5.52. The van der Waals surface area contributed by atoms with Gasteiger partial charge < -0.3 is 9.32 Å². The molecule has 0 fully saturated rings. The number of hydrogen-bond donors (Lipinski definition) is 0. The molecule has 2 aromatic rings. The zero-order chi connectivity index (χ0) is 13.9. The summed E-state index contributed by atoms with van der Waals surface area (Å²) in [5, 5.41) is 0. The summed E-state index contributed by atoms with van der Waals surface area (Å²) in [5.41, 5.74) is 2.35. The summed E-state index contributed by atoms with van der Waals surface area (Å²) in [5.74, 6) is 1.56. The number of anilines is 1. The maximum atomic E-state index is 12.5. The summed E-state index contributed by atoms with van der Waals surface area (Å²) in [6, 6.07) is 12.0. The highest BCUT2D eigenvalue weighted by Crippen LogP contribution is 2.30. The van der Waals surface area contributed by atoms with Crippen molar-refractivity contribution in [3.8, 4) is 0 Å². The predicted octanol–water partition coefficient (Wildman–Crippen LogP) is 3.44. The number of aryl methyl sites for hydroxylation is 1. The van der Waals surface area contributed by atoms with Crippen molar-refractivity contribution in [3.05, 3.63) is 54.0 Å². The molecule has 0 spiro atoms. The zero-order valence-electron chi connectivity index (χ0n) is 11.7. The number of rotatable bonds is 3. The lowest BCUT2D eigenvalue weighted by Gasteiger charge is -2.33. The molecule has 104 valence electrons. The van der Waals surface area contributed by atoms with E-state index in [1.807, 2.05) is 35.2 Å². The summed E-state index contributed by atoms with van der Waals surface area (Å²) in [6.45, 7) is 3.01. The Kier molecular flexibility index (Phi) is 3.59. The smallest absolute Gasteiger partial charge is 0.227 e. The van der Waals surface area contributed by atoms with Gasteiger partial charge in [0.15, 0.2) is 0 Å². The van der Waals surface area contributed by atoms with Crippen LogP contribution in [0.25, 0.3) is 0 Å². The summed E-state index contributed by atoms with van der Waals surface area (Å²) < 4.78 is 5.29. The van der Waals surface area contributed by atoms with E-state index in [1.54, 1.807) is 6.26 Å². The number of carbonyl (C=O) groups excluding carboxylic acids is 1. The molecule has 0 saturated carbocycles. The van der Waals surface area contributed by atoms with Crippen LogP contribution in [0.2, 0.25) is 0 Å². The number of amides is 1. The topological polar surface area (TPSA) is 33.5 Å². The predicted molar refractivity (Wildman–Crippen MR) is 78.7 cm³/mol. The van der Waals surface area contributed by atoms with E-state index in [2.05, 4.69) is 13.0 Å². The Labute approximate surface area is 119 Å². The lowest BCUT2D eigenvalue weighted by atomic mass is 9.93. The lowest BCUT2D eigenvalue weighted by Crippen LogP contribution is -2.39. The molecule has 3 rings (SSSR count). The Hall–Kier alpha value is -2.03. The molecule has 0 N–H and O–H groups in total. The Morgan fingerprint density at radius 2 is 2.15 bits per heavy atom. The van der Waals surface area contributed by atoms with Gasteiger partial charge in [0.05, 0.1) is 6.26 Å². The average Bonchev–Trinajstić information content (AvgIpc) is 2.97. The first-order valence-electron chi connectivity index (χ1n) is 7.14. The average molecular weight is 269 g/mol. The molecule has 20 heavy (non-hydrogen) atoms. The monoisotopic (exact) mass is 269 g/mol. The number of carbonyl (C=O) groups is 1. The van der Waals surface area contributed by atoms with Gasteiger partial charge in [0, 0.05) is 25.1 Å². The first kappa shape index (κ1) is 13.0. The van der Waals surface area contributed by atoms with Gasteiger partial charge in [-0.25, -0.2) is 0 Å². The molecular formula is C17H19NO2. The minimum absolute atomic E-state index is 0.181. The van der Waals surface area contributed by atoms with Crippen molar-refractivity contribution in [3.63, 3.8) is 0 Å². The van der Waals surface area contributed by atoms with E-state index in [0.717, 1.165) is 24.4 Å². The number of para-hydroxylation sites is 1. The van der Waals surface area contributed by atoms with Gasteiger partial charge in [-0.1, -0.05) is 25.1 Å². The van der Waals surface area contributed by atoms with Crippen LogP contribution in [-0.2, 0) is 17.6 Å². The van der Waals surface area contributed by atoms with Crippen LogP contribution in [0.1, 0.15) is 24.7 Å². The van der Waals surface area contributed by atoms with Gasteiger partial charge in [-0.3, -0.25) is 4.79 Å². The van der Waals surface area contributed by atoms with Crippen LogP contribution in [0.4, 0.5) is 5.69 Å². The Morgan fingerprint density at radius 1 is 1.30 bits per heavy atom. The highest BCUT2D eigenvalue weighted by Gasteiger charge is 2.25. The molecule has 0 radical (unpaired) electrons. The molecular weight excluding hydrogens is 250 g/mol. The van der Waals surface area contributed by atoms with Crippen LogP contribution >= 0.6 is 0 Å². The zero-order valence-corrected chi connectivity index (χ0v) is 11.7. The number of fused-ring (bicyclic) bond motifs is 1. The van der Waals surface area contributed by atoms with Crippen molar-refractivity contribution < 1.29 is 9.21 Å². The van der Waals surface area contributed by atoms with E-state index >= 15 is 0 Å². The van der Waals surface area contributed by atoms with Crippen LogP contribution < -0.4 is 4.90 Å². The second kappa shape index (κ2) is 5.53. The molecule has 1 amide bonds. The van der Waals surface area contributed by atoms with Crippen LogP contribution in [0.15, 0.2) is 47.1 Å². The molecule has 0 bridgehead atoms. The number of benzene rings is 1. The highest BCUT2D eigenvalue weighted by atomic mass is 16.3. The summed E-state index contributed by atoms with van der Waals surface area (Å²) in [7, 11) is 0. The second-order valence-corrected chi connectivity index (χ2v) is 5.52. The molecule has 3 nitrogen and oxygen atoms in total. The fraction of sp³-hybridized carbons (Fsp3) is 0.353. The van der Waals surface area contributed by atoms with Gasteiger partial charge in [0.25, 0.3) is 0 Å². The number of furan rings is 1. The normalized spacial score (nSPS) is 17.9. The van der Waals surface area contributed by atoms with Crippen molar-refractivity contribution in [2.24, 2.45) is 5.92 Å². The summed E-state index contributed by atoms with van der Waals surface area (Å²) >= 11 is 0. The Morgan fingerprint density at radius 3 is 2.95 bits per heavy atom. The standard InChI is InChI=1S/C17H19NO2/c1-13-11-14-5-2-3-7-16(14)18(12-13)17(19)9-8-15-6-4-10-20-15/h2-7,10,13H,8-9,11-12H2,1H3. The van der Waals surface area contributed by atoms with Gasteiger partial charge in [-0.15, -0.1) is 0 Å². The van der Waals surface area contributed by atoms with E-state index in [4.69, 9.17) is 4.42 Å². The SMILES string of the molecule is CC1Cc2ccccc2N(C(=O)CCc2ccco2)C1. The minimum atomic E-state index is 0.181. The van der Waals surface area contributed by atoms with Crippen LogP contribution in [-0.4, -0.2) is 12.5 Å². The number of nitrogens with zero attached hydrogens (tertiary/aromatic N) is 1. The van der Waals surface area contributed by atoms with Crippen molar-refractivity contribution in [2.75, 3.05) is 11.4 Å².